The van der Waals surface area contributed by atoms with Gasteiger partial charge < -0.3 is 14.7 Å². The van der Waals surface area contributed by atoms with Gasteiger partial charge in [0.2, 0.25) is 5.91 Å². The molecule has 1 N–H and O–H groups in total. The summed E-state index contributed by atoms with van der Waals surface area (Å²) in [4.78, 5) is 36.7. The smallest absolute Gasteiger partial charge is 0.305 e. The number of ketones is 1. The van der Waals surface area contributed by atoms with E-state index in [0.717, 1.165) is 0 Å². The van der Waals surface area contributed by atoms with Crippen molar-refractivity contribution in [2.75, 3.05) is 19.8 Å². The number of morpholine rings is 1. The van der Waals surface area contributed by atoms with E-state index in [1.54, 1.807) is 17.0 Å². The van der Waals surface area contributed by atoms with Crippen LogP contribution in [0.15, 0.2) is 30.3 Å². The highest BCUT2D eigenvalue weighted by Gasteiger charge is 2.28. The van der Waals surface area contributed by atoms with Gasteiger partial charge in [0.05, 0.1) is 25.7 Å². The number of carbonyl (C=O) groups is 3. The first-order valence-electron chi connectivity index (χ1n) is 7.75. The zero-order valence-corrected chi connectivity index (χ0v) is 12.9. The molecule has 1 atom stereocenters. The molecule has 1 aromatic carbocycles. The number of Topliss-reactive ketones (excluding diaryl/α,β-unsaturated/α-hetero) is 1. The summed E-state index contributed by atoms with van der Waals surface area (Å²) < 4.78 is 5.25. The lowest BCUT2D eigenvalue weighted by Gasteiger charge is -2.35. The van der Waals surface area contributed by atoms with Gasteiger partial charge in [0.15, 0.2) is 5.78 Å². The summed E-state index contributed by atoms with van der Waals surface area (Å²) in [6, 6.07) is 8.56. The van der Waals surface area contributed by atoms with Gasteiger partial charge in [-0.2, -0.15) is 0 Å². The summed E-state index contributed by atoms with van der Waals surface area (Å²) in [7, 11) is 0. The molecule has 0 radical (unpaired) electrons. The maximum Gasteiger partial charge on any atom is 0.305 e. The number of ether oxygens (including phenoxy) is 1. The Bertz CT molecular complexity index is 557. The molecule has 1 heterocycles. The molecular weight excluding hydrogens is 298 g/mol. The fourth-order valence-electron chi connectivity index (χ4n) is 2.67. The summed E-state index contributed by atoms with van der Waals surface area (Å²) in [5.74, 6) is -1.04. The van der Waals surface area contributed by atoms with Gasteiger partial charge in [-0.1, -0.05) is 30.3 Å². The van der Waals surface area contributed by atoms with Crippen molar-refractivity contribution in [2.45, 2.75) is 31.7 Å². The zero-order valence-electron chi connectivity index (χ0n) is 12.9. The van der Waals surface area contributed by atoms with E-state index < -0.39 is 12.0 Å². The minimum absolute atomic E-state index is 0.0162. The van der Waals surface area contributed by atoms with E-state index in [1.807, 2.05) is 18.2 Å². The second-order valence-corrected chi connectivity index (χ2v) is 5.56. The highest BCUT2D eigenvalue weighted by Crippen LogP contribution is 2.14. The molecule has 0 bridgehead atoms. The van der Waals surface area contributed by atoms with Gasteiger partial charge in [-0.05, 0) is 6.42 Å². The normalized spacial score (nSPS) is 17.7. The predicted molar refractivity (Wildman–Crippen MR) is 83.2 cm³/mol. The maximum absolute atomic E-state index is 12.3. The molecule has 1 aliphatic rings. The average Bonchev–Trinajstić information content (AvgIpc) is 2.55. The first-order valence-corrected chi connectivity index (χ1v) is 7.75. The molecule has 124 valence electrons. The van der Waals surface area contributed by atoms with Crippen molar-refractivity contribution in [2.24, 2.45) is 0 Å². The van der Waals surface area contributed by atoms with Crippen LogP contribution in [0.1, 0.15) is 36.0 Å². The first-order chi connectivity index (χ1) is 11.1. The van der Waals surface area contributed by atoms with Gasteiger partial charge >= 0.3 is 5.97 Å². The molecule has 0 aromatic heterocycles. The van der Waals surface area contributed by atoms with E-state index in [9.17, 15) is 14.4 Å². The lowest BCUT2D eigenvalue weighted by molar-refractivity contribution is -0.146. The molecular formula is C17H21NO5. The van der Waals surface area contributed by atoms with Crippen LogP contribution in [0, 0.1) is 0 Å². The second-order valence-electron chi connectivity index (χ2n) is 5.56. The molecule has 6 heteroatoms. The standard InChI is InChI=1S/C17H21NO5/c19-15(13-5-2-1-3-6-13)7-4-8-16(20)18-9-10-23-12-14(18)11-17(21)22/h1-3,5-6,14H,4,7-12H2,(H,21,22)/t14-/m1/s1. The van der Waals surface area contributed by atoms with E-state index in [1.165, 1.54) is 0 Å². The van der Waals surface area contributed by atoms with Crippen molar-refractivity contribution >= 4 is 17.7 Å². The van der Waals surface area contributed by atoms with Crippen molar-refractivity contribution in [3.8, 4) is 0 Å². The highest BCUT2D eigenvalue weighted by molar-refractivity contribution is 5.96. The Kier molecular flexibility index (Phi) is 6.29. The van der Waals surface area contributed by atoms with Crippen molar-refractivity contribution < 1.29 is 24.2 Å². The monoisotopic (exact) mass is 319 g/mol. The fraction of sp³-hybridized carbons (Fsp3) is 0.471. The lowest BCUT2D eigenvalue weighted by atomic mass is 10.0. The summed E-state index contributed by atoms with van der Waals surface area (Å²) in [5, 5.41) is 8.90. The van der Waals surface area contributed by atoms with Crippen LogP contribution >= 0.6 is 0 Å². The van der Waals surface area contributed by atoms with Gasteiger partial charge in [-0.15, -0.1) is 0 Å². The third-order valence-electron chi connectivity index (χ3n) is 3.85. The van der Waals surface area contributed by atoms with Gasteiger partial charge in [0.1, 0.15) is 0 Å². The molecule has 0 unspecified atom stereocenters. The fourth-order valence-corrected chi connectivity index (χ4v) is 2.67. The van der Waals surface area contributed by atoms with Crippen molar-refractivity contribution in [1.82, 2.24) is 4.90 Å². The largest absolute Gasteiger partial charge is 0.481 e. The molecule has 1 aromatic rings. The quantitative estimate of drug-likeness (QED) is 0.774. The molecule has 1 fully saturated rings. The summed E-state index contributed by atoms with van der Waals surface area (Å²) in [5.41, 5.74) is 0.648. The molecule has 0 saturated carbocycles. The van der Waals surface area contributed by atoms with Crippen molar-refractivity contribution in [3.63, 3.8) is 0 Å². The van der Waals surface area contributed by atoms with Gasteiger partial charge in [-0.3, -0.25) is 14.4 Å². The van der Waals surface area contributed by atoms with E-state index in [-0.39, 0.29) is 31.1 Å². The van der Waals surface area contributed by atoms with Crippen LogP contribution in [0.25, 0.3) is 0 Å². The molecule has 0 spiro atoms. The van der Waals surface area contributed by atoms with Crippen LogP contribution in [-0.4, -0.2) is 53.5 Å². The third kappa shape index (κ3) is 5.17. The average molecular weight is 319 g/mol. The number of benzene rings is 1. The second kappa shape index (κ2) is 8.43. The number of aliphatic carboxylic acids is 1. The van der Waals surface area contributed by atoms with Gasteiger partial charge in [0.25, 0.3) is 0 Å². The van der Waals surface area contributed by atoms with Crippen LogP contribution in [0.4, 0.5) is 0 Å². The summed E-state index contributed by atoms with van der Waals surface area (Å²) in [6.45, 7) is 1.08. The maximum atomic E-state index is 12.3. The van der Waals surface area contributed by atoms with Crippen LogP contribution in [0.5, 0.6) is 0 Å². The van der Waals surface area contributed by atoms with Gasteiger partial charge in [0, 0.05) is 24.9 Å². The molecule has 6 nitrogen and oxygen atoms in total. The number of nitrogens with zero attached hydrogens (tertiary/aromatic N) is 1. The molecule has 1 aliphatic heterocycles. The first kappa shape index (κ1) is 17.1. The minimum atomic E-state index is -0.947. The highest BCUT2D eigenvalue weighted by atomic mass is 16.5. The molecule has 2 rings (SSSR count). The minimum Gasteiger partial charge on any atom is -0.481 e. The van der Waals surface area contributed by atoms with E-state index in [2.05, 4.69) is 0 Å². The van der Waals surface area contributed by atoms with Crippen molar-refractivity contribution in [3.05, 3.63) is 35.9 Å². The Labute approximate surface area is 135 Å². The Morgan fingerprint density at radius 1 is 1.17 bits per heavy atom. The SMILES string of the molecule is O=C(O)C[C@@H]1COCCN1C(=O)CCCC(=O)c1ccccc1. The number of hydrogen-bond acceptors (Lipinski definition) is 4. The zero-order chi connectivity index (χ0) is 16.7. The lowest BCUT2D eigenvalue weighted by Crippen LogP contribution is -2.49. The Hall–Kier alpha value is -2.21. The predicted octanol–water partition coefficient (Wildman–Crippen LogP) is 1.74. The Morgan fingerprint density at radius 2 is 1.91 bits per heavy atom. The van der Waals surface area contributed by atoms with Crippen LogP contribution in [0.2, 0.25) is 0 Å². The number of amides is 1. The van der Waals surface area contributed by atoms with E-state index >= 15 is 0 Å². The molecule has 1 amide bonds. The summed E-state index contributed by atoms with van der Waals surface area (Å²) >= 11 is 0. The third-order valence-corrected chi connectivity index (χ3v) is 3.85. The number of carboxylic acids is 1. The topological polar surface area (TPSA) is 83.9 Å². The number of carboxylic acid groups (broad SMARTS) is 1. The molecule has 0 aliphatic carbocycles. The molecule has 1 saturated heterocycles. The van der Waals surface area contributed by atoms with Crippen molar-refractivity contribution in [1.29, 1.82) is 0 Å². The number of hydrogen-bond donors (Lipinski definition) is 1. The number of rotatable bonds is 7. The van der Waals surface area contributed by atoms with E-state index in [4.69, 9.17) is 9.84 Å². The Balaban J connectivity index is 1.81. The number of carbonyl (C=O) groups excluding carboxylic acids is 2. The van der Waals surface area contributed by atoms with Crippen LogP contribution in [0.3, 0.4) is 0 Å². The van der Waals surface area contributed by atoms with E-state index in [0.29, 0.717) is 31.6 Å². The molecule has 23 heavy (non-hydrogen) atoms. The van der Waals surface area contributed by atoms with Crippen LogP contribution < -0.4 is 0 Å². The van der Waals surface area contributed by atoms with Crippen LogP contribution in [-0.2, 0) is 14.3 Å². The Morgan fingerprint density at radius 3 is 2.61 bits per heavy atom. The van der Waals surface area contributed by atoms with Gasteiger partial charge in [-0.25, -0.2) is 0 Å². The summed E-state index contributed by atoms with van der Waals surface area (Å²) in [6.07, 6.45) is 0.900.